The average Bonchev–Trinajstić information content (AvgIpc) is 3.06. The van der Waals surface area contributed by atoms with Crippen molar-refractivity contribution >= 4 is 10.0 Å². The van der Waals surface area contributed by atoms with Crippen molar-refractivity contribution in [1.29, 1.82) is 0 Å². The van der Waals surface area contributed by atoms with Gasteiger partial charge in [0.2, 0.25) is 15.9 Å². The van der Waals surface area contributed by atoms with Crippen LogP contribution in [-0.2, 0) is 10.0 Å². The number of methoxy groups -OCH3 is 1. The number of sulfonamides is 1. The second-order valence-electron chi connectivity index (χ2n) is 5.58. The Morgan fingerprint density at radius 1 is 1.12 bits per heavy atom. The molecule has 0 bridgehead atoms. The summed E-state index contributed by atoms with van der Waals surface area (Å²) in [5.74, 6) is 1.03. The van der Waals surface area contributed by atoms with Gasteiger partial charge in [0.05, 0.1) is 24.2 Å². The highest BCUT2D eigenvalue weighted by Crippen LogP contribution is 2.24. The third-order valence-corrected chi connectivity index (χ3v) is 5.75. The molecule has 24 heavy (non-hydrogen) atoms. The van der Waals surface area contributed by atoms with E-state index in [1.807, 2.05) is 13.0 Å². The fourth-order valence-electron chi connectivity index (χ4n) is 2.53. The van der Waals surface area contributed by atoms with Gasteiger partial charge in [0.15, 0.2) is 0 Å². The summed E-state index contributed by atoms with van der Waals surface area (Å²) in [5.41, 5.74) is 0.803. The molecule has 0 aliphatic carbocycles. The molecule has 2 aromatic rings. The van der Waals surface area contributed by atoms with Crippen LogP contribution in [0.2, 0.25) is 0 Å². The van der Waals surface area contributed by atoms with Crippen molar-refractivity contribution in [2.45, 2.75) is 24.3 Å². The van der Waals surface area contributed by atoms with Crippen molar-refractivity contribution in [3.05, 3.63) is 42.1 Å². The SMILES string of the molecule is COc1ccc(S(=O)(=O)N2CCC(Oc3ccc(C)nn3)C2)cc1. The van der Waals surface area contributed by atoms with Crippen molar-refractivity contribution in [2.24, 2.45) is 0 Å². The lowest BCUT2D eigenvalue weighted by molar-refractivity contribution is 0.204. The van der Waals surface area contributed by atoms with E-state index >= 15 is 0 Å². The van der Waals surface area contributed by atoms with Crippen molar-refractivity contribution in [3.63, 3.8) is 0 Å². The molecule has 1 fully saturated rings. The van der Waals surface area contributed by atoms with Gasteiger partial charge in [-0.3, -0.25) is 0 Å². The molecular weight excluding hydrogens is 330 g/mol. The summed E-state index contributed by atoms with van der Waals surface area (Å²) in [6.45, 7) is 2.55. The van der Waals surface area contributed by atoms with Crippen LogP contribution in [0.15, 0.2) is 41.3 Å². The smallest absolute Gasteiger partial charge is 0.243 e. The third-order valence-electron chi connectivity index (χ3n) is 3.87. The summed E-state index contributed by atoms with van der Waals surface area (Å²) in [6, 6.07) is 9.92. The predicted molar refractivity (Wildman–Crippen MR) is 87.6 cm³/mol. The topological polar surface area (TPSA) is 81.6 Å². The Bertz CT molecular complexity index is 791. The molecule has 0 N–H and O–H groups in total. The molecule has 0 amide bonds. The van der Waals surface area contributed by atoms with Crippen LogP contribution >= 0.6 is 0 Å². The summed E-state index contributed by atoms with van der Waals surface area (Å²) in [6.07, 6.45) is 0.389. The van der Waals surface area contributed by atoms with Gasteiger partial charge in [-0.2, -0.15) is 9.40 Å². The first-order chi connectivity index (χ1) is 11.5. The maximum atomic E-state index is 12.7. The van der Waals surface area contributed by atoms with Gasteiger partial charge in [0.1, 0.15) is 11.9 Å². The molecule has 0 radical (unpaired) electrons. The Kier molecular flexibility index (Phi) is 4.68. The number of hydrogen-bond donors (Lipinski definition) is 0. The predicted octanol–water partition coefficient (Wildman–Crippen LogP) is 1.64. The molecule has 128 valence electrons. The van der Waals surface area contributed by atoms with Gasteiger partial charge in [-0.1, -0.05) is 0 Å². The molecule has 1 aliphatic heterocycles. The highest BCUT2D eigenvalue weighted by molar-refractivity contribution is 7.89. The monoisotopic (exact) mass is 349 g/mol. The molecule has 1 saturated heterocycles. The molecular formula is C16H19N3O4S. The summed E-state index contributed by atoms with van der Waals surface area (Å²) < 4.78 is 37.6. The fourth-order valence-corrected chi connectivity index (χ4v) is 4.02. The maximum Gasteiger partial charge on any atom is 0.243 e. The number of benzene rings is 1. The average molecular weight is 349 g/mol. The van der Waals surface area contributed by atoms with Crippen LogP contribution in [0.4, 0.5) is 0 Å². The second kappa shape index (κ2) is 6.74. The maximum absolute atomic E-state index is 12.7. The minimum atomic E-state index is -3.53. The normalized spacial score (nSPS) is 18.5. The Balaban J connectivity index is 1.68. The van der Waals surface area contributed by atoms with Crippen molar-refractivity contribution in [1.82, 2.24) is 14.5 Å². The number of aryl methyl sites for hydroxylation is 1. The molecule has 1 aliphatic rings. The van der Waals surface area contributed by atoms with Crippen LogP contribution in [0, 0.1) is 6.92 Å². The molecule has 2 heterocycles. The van der Waals surface area contributed by atoms with Crippen molar-refractivity contribution < 1.29 is 17.9 Å². The number of ether oxygens (including phenoxy) is 2. The van der Waals surface area contributed by atoms with Crippen LogP contribution in [0.5, 0.6) is 11.6 Å². The van der Waals surface area contributed by atoms with Gasteiger partial charge < -0.3 is 9.47 Å². The molecule has 1 unspecified atom stereocenters. The van der Waals surface area contributed by atoms with Crippen LogP contribution in [0.25, 0.3) is 0 Å². The number of nitrogens with zero attached hydrogens (tertiary/aromatic N) is 3. The zero-order chi connectivity index (χ0) is 17.2. The number of hydrogen-bond acceptors (Lipinski definition) is 6. The van der Waals surface area contributed by atoms with E-state index < -0.39 is 10.0 Å². The minimum Gasteiger partial charge on any atom is -0.497 e. The van der Waals surface area contributed by atoms with Gasteiger partial charge in [-0.15, -0.1) is 5.10 Å². The Labute approximate surface area is 141 Å². The lowest BCUT2D eigenvalue weighted by atomic mass is 10.3. The van der Waals surface area contributed by atoms with E-state index in [2.05, 4.69) is 10.2 Å². The highest BCUT2D eigenvalue weighted by atomic mass is 32.2. The second-order valence-corrected chi connectivity index (χ2v) is 7.52. The minimum absolute atomic E-state index is 0.227. The van der Waals surface area contributed by atoms with E-state index in [9.17, 15) is 8.42 Å². The fraction of sp³-hybridized carbons (Fsp3) is 0.375. The van der Waals surface area contributed by atoms with Crippen molar-refractivity contribution in [2.75, 3.05) is 20.2 Å². The first-order valence-electron chi connectivity index (χ1n) is 7.60. The zero-order valence-corrected chi connectivity index (χ0v) is 14.4. The number of aromatic nitrogens is 2. The summed E-state index contributed by atoms with van der Waals surface area (Å²) in [7, 11) is -1.99. The van der Waals surface area contributed by atoms with Gasteiger partial charge in [0, 0.05) is 12.6 Å². The standard InChI is InChI=1S/C16H19N3O4S/c1-12-3-8-16(18-17-12)23-14-9-10-19(11-14)24(20,21)15-6-4-13(22-2)5-7-15/h3-8,14H,9-11H2,1-2H3. The Hall–Kier alpha value is -2.19. The molecule has 0 spiro atoms. The van der Waals surface area contributed by atoms with E-state index in [-0.39, 0.29) is 11.0 Å². The van der Waals surface area contributed by atoms with E-state index in [1.54, 1.807) is 37.4 Å². The zero-order valence-electron chi connectivity index (χ0n) is 13.5. The lowest BCUT2D eigenvalue weighted by Gasteiger charge is -2.17. The molecule has 1 aromatic carbocycles. The van der Waals surface area contributed by atoms with Crippen LogP contribution < -0.4 is 9.47 Å². The summed E-state index contributed by atoms with van der Waals surface area (Å²) >= 11 is 0. The van der Waals surface area contributed by atoms with Gasteiger partial charge in [0.25, 0.3) is 0 Å². The van der Waals surface area contributed by atoms with Crippen LogP contribution in [0.1, 0.15) is 12.1 Å². The molecule has 1 atom stereocenters. The summed E-state index contributed by atoms with van der Waals surface area (Å²) in [4.78, 5) is 0.249. The first kappa shape index (κ1) is 16.7. The van der Waals surface area contributed by atoms with E-state index in [0.29, 0.717) is 31.1 Å². The molecule has 7 nitrogen and oxygen atoms in total. The summed E-state index contributed by atoms with van der Waals surface area (Å²) in [5, 5.41) is 7.89. The van der Waals surface area contributed by atoms with E-state index in [0.717, 1.165) is 5.69 Å². The van der Waals surface area contributed by atoms with Crippen LogP contribution in [0.3, 0.4) is 0 Å². The van der Waals surface area contributed by atoms with Crippen LogP contribution in [-0.4, -0.2) is 49.2 Å². The first-order valence-corrected chi connectivity index (χ1v) is 9.04. The molecule has 8 heteroatoms. The highest BCUT2D eigenvalue weighted by Gasteiger charge is 2.33. The molecule has 1 aromatic heterocycles. The lowest BCUT2D eigenvalue weighted by Crippen LogP contribution is -2.31. The Morgan fingerprint density at radius 2 is 1.88 bits per heavy atom. The van der Waals surface area contributed by atoms with E-state index in [4.69, 9.17) is 9.47 Å². The molecule has 3 rings (SSSR count). The quantitative estimate of drug-likeness (QED) is 0.816. The molecule has 0 saturated carbocycles. The number of rotatable bonds is 5. The Morgan fingerprint density at radius 3 is 2.50 bits per heavy atom. The third kappa shape index (κ3) is 3.49. The van der Waals surface area contributed by atoms with Gasteiger partial charge in [-0.25, -0.2) is 8.42 Å². The van der Waals surface area contributed by atoms with Crippen molar-refractivity contribution in [3.8, 4) is 11.6 Å². The van der Waals surface area contributed by atoms with Gasteiger partial charge in [-0.05, 0) is 43.7 Å². The van der Waals surface area contributed by atoms with Gasteiger partial charge >= 0.3 is 0 Å². The largest absolute Gasteiger partial charge is 0.497 e. The van der Waals surface area contributed by atoms with E-state index in [1.165, 1.54) is 4.31 Å².